The molecule has 2 aromatic carbocycles. The van der Waals surface area contributed by atoms with Crippen molar-refractivity contribution in [3.63, 3.8) is 0 Å². The van der Waals surface area contributed by atoms with E-state index >= 15 is 0 Å². The summed E-state index contributed by atoms with van der Waals surface area (Å²) in [5.41, 5.74) is 4.07. The smallest absolute Gasteiger partial charge is 0.119 e. The van der Waals surface area contributed by atoms with Gasteiger partial charge in [-0.15, -0.1) is 0 Å². The van der Waals surface area contributed by atoms with Crippen LogP contribution in [-0.2, 0) is 18.5 Å². The van der Waals surface area contributed by atoms with Gasteiger partial charge in [0.05, 0.1) is 7.11 Å². The zero-order valence-electron chi connectivity index (χ0n) is 23.6. The number of likely N-dealkylation sites (tertiary alicyclic amines) is 1. The Morgan fingerprint density at radius 3 is 2.29 bits per heavy atom. The minimum Gasteiger partial charge on any atom is -0.497 e. The van der Waals surface area contributed by atoms with Gasteiger partial charge in [0.25, 0.3) is 0 Å². The highest BCUT2D eigenvalue weighted by Gasteiger charge is 2.18. The Labute approximate surface area is 228 Å². The SMILES string of the molecule is COc1ccc(OCC(O)CN(CCN2CCCC2)Cc2cccn2Cc2ccc(C(C)(C)C)cc2)cc1. The maximum Gasteiger partial charge on any atom is 0.119 e. The van der Waals surface area contributed by atoms with E-state index in [0.717, 1.165) is 37.7 Å². The van der Waals surface area contributed by atoms with E-state index in [1.807, 2.05) is 24.3 Å². The highest BCUT2D eigenvalue weighted by molar-refractivity contribution is 5.31. The third-order valence-corrected chi connectivity index (χ3v) is 7.38. The summed E-state index contributed by atoms with van der Waals surface area (Å²) >= 11 is 0. The van der Waals surface area contributed by atoms with Crippen molar-refractivity contribution in [1.82, 2.24) is 14.4 Å². The quantitative estimate of drug-likeness (QED) is 0.337. The van der Waals surface area contributed by atoms with Gasteiger partial charge < -0.3 is 24.0 Å². The van der Waals surface area contributed by atoms with Gasteiger partial charge in [0.15, 0.2) is 0 Å². The van der Waals surface area contributed by atoms with E-state index in [1.165, 1.54) is 42.8 Å². The lowest BCUT2D eigenvalue weighted by molar-refractivity contribution is 0.0616. The number of hydrogen-bond donors (Lipinski definition) is 1. The molecule has 0 spiro atoms. The summed E-state index contributed by atoms with van der Waals surface area (Å²) < 4.78 is 13.4. The lowest BCUT2D eigenvalue weighted by atomic mass is 9.87. The Morgan fingerprint density at radius 2 is 1.63 bits per heavy atom. The fourth-order valence-corrected chi connectivity index (χ4v) is 5.02. The van der Waals surface area contributed by atoms with E-state index in [4.69, 9.17) is 9.47 Å². The average Bonchev–Trinajstić information content (AvgIpc) is 3.58. The van der Waals surface area contributed by atoms with Crippen molar-refractivity contribution in [3.05, 3.63) is 83.7 Å². The molecule has 38 heavy (non-hydrogen) atoms. The molecule has 3 aromatic rings. The largest absolute Gasteiger partial charge is 0.497 e. The highest BCUT2D eigenvalue weighted by atomic mass is 16.5. The van der Waals surface area contributed by atoms with Crippen LogP contribution in [0.2, 0.25) is 0 Å². The molecule has 0 saturated carbocycles. The second-order valence-electron chi connectivity index (χ2n) is 11.5. The first-order valence-corrected chi connectivity index (χ1v) is 13.9. The van der Waals surface area contributed by atoms with Gasteiger partial charge in [-0.1, -0.05) is 45.0 Å². The maximum atomic E-state index is 10.9. The molecule has 206 valence electrons. The second-order valence-corrected chi connectivity index (χ2v) is 11.5. The molecule has 0 bridgehead atoms. The summed E-state index contributed by atoms with van der Waals surface area (Å²) in [7, 11) is 1.65. The summed E-state index contributed by atoms with van der Waals surface area (Å²) in [6, 6.07) is 20.8. The van der Waals surface area contributed by atoms with Crippen LogP contribution >= 0.6 is 0 Å². The number of aromatic nitrogens is 1. The van der Waals surface area contributed by atoms with Gasteiger partial charge in [-0.05, 0) is 78.9 Å². The number of nitrogens with zero attached hydrogens (tertiary/aromatic N) is 3. The molecule has 0 amide bonds. The van der Waals surface area contributed by atoms with E-state index in [-0.39, 0.29) is 12.0 Å². The lowest BCUT2D eigenvalue weighted by Crippen LogP contribution is -2.40. The third kappa shape index (κ3) is 8.35. The van der Waals surface area contributed by atoms with Crippen LogP contribution in [0.15, 0.2) is 66.9 Å². The Kier molecular flexibility index (Phi) is 9.89. The van der Waals surface area contributed by atoms with Crippen LogP contribution in [0, 0.1) is 0 Å². The maximum absolute atomic E-state index is 10.9. The number of benzene rings is 2. The van der Waals surface area contributed by atoms with Crippen LogP contribution in [0.3, 0.4) is 0 Å². The van der Waals surface area contributed by atoms with Crippen LogP contribution in [0.4, 0.5) is 0 Å². The lowest BCUT2D eigenvalue weighted by Gasteiger charge is -2.28. The standard InChI is InChI=1S/C32H45N3O3/c1-32(2,3)27-11-9-26(10-12-27)22-35-19-7-8-28(35)23-34(21-20-33-17-5-6-18-33)24-29(36)25-38-31-15-13-30(37-4)14-16-31/h7-16,19,29,36H,5-6,17-18,20-25H2,1-4H3. The molecule has 0 aliphatic carbocycles. The molecule has 6 heteroatoms. The molecule has 0 radical (unpaired) electrons. The molecular weight excluding hydrogens is 474 g/mol. The second kappa shape index (κ2) is 13.3. The number of ether oxygens (including phenoxy) is 2. The third-order valence-electron chi connectivity index (χ3n) is 7.38. The average molecular weight is 520 g/mol. The minimum absolute atomic E-state index is 0.158. The van der Waals surface area contributed by atoms with Crippen LogP contribution in [-0.4, -0.2) is 72.0 Å². The minimum atomic E-state index is -0.580. The van der Waals surface area contributed by atoms with E-state index in [0.29, 0.717) is 6.54 Å². The molecule has 1 aliphatic heterocycles. The summed E-state index contributed by atoms with van der Waals surface area (Å²) in [6.45, 7) is 13.5. The summed E-state index contributed by atoms with van der Waals surface area (Å²) in [5.74, 6) is 1.53. The summed E-state index contributed by atoms with van der Waals surface area (Å²) in [6.07, 6.45) is 4.16. The summed E-state index contributed by atoms with van der Waals surface area (Å²) in [5, 5.41) is 10.9. The van der Waals surface area contributed by atoms with Crippen molar-refractivity contribution >= 4 is 0 Å². The first-order chi connectivity index (χ1) is 18.3. The van der Waals surface area contributed by atoms with E-state index in [1.54, 1.807) is 7.11 Å². The molecule has 1 aromatic heterocycles. The van der Waals surface area contributed by atoms with Crippen LogP contribution in [0.1, 0.15) is 50.4 Å². The molecule has 1 fully saturated rings. The van der Waals surface area contributed by atoms with Gasteiger partial charge in [0, 0.05) is 44.6 Å². The molecule has 1 saturated heterocycles. The molecule has 2 heterocycles. The zero-order chi connectivity index (χ0) is 27.0. The molecule has 6 nitrogen and oxygen atoms in total. The molecule has 1 unspecified atom stereocenters. The number of aliphatic hydroxyl groups excluding tert-OH is 1. The van der Waals surface area contributed by atoms with Gasteiger partial charge in [0.1, 0.15) is 24.2 Å². The predicted molar refractivity (Wildman–Crippen MR) is 154 cm³/mol. The first-order valence-electron chi connectivity index (χ1n) is 13.9. The monoisotopic (exact) mass is 519 g/mol. The normalized spacial score (nSPS) is 15.2. The van der Waals surface area contributed by atoms with Gasteiger partial charge in [-0.3, -0.25) is 4.90 Å². The molecule has 4 rings (SSSR count). The Hall–Kier alpha value is -2.80. The molecule has 1 N–H and O–H groups in total. The topological polar surface area (TPSA) is 50.1 Å². The fraction of sp³-hybridized carbons (Fsp3) is 0.500. The van der Waals surface area contributed by atoms with Crippen LogP contribution in [0.25, 0.3) is 0 Å². The van der Waals surface area contributed by atoms with Crippen molar-refractivity contribution in [2.45, 2.75) is 58.2 Å². The molecule has 1 aliphatic rings. The van der Waals surface area contributed by atoms with E-state index in [2.05, 4.69) is 77.7 Å². The number of hydrogen-bond acceptors (Lipinski definition) is 5. The van der Waals surface area contributed by atoms with Crippen molar-refractivity contribution < 1.29 is 14.6 Å². The van der Waals surface area contributed by atoms with Crippen LogP contribution < -0.4 is 9.47 Å². The fourth-order valence-electron chi connectivity index (χ4n) is 5.02. The Balaban J connectivity index is 1.37. The zero-order valence-corrected chi connectivity index (χ0v) is 23.6. The highest BCUT2D eigenvalue weighted by Crippen LogP contribution is 2.23. The molecular formula is C32H45N3O3. The summed E-state index contributed by atoms with van der Waals surface area (Å²) in [4.78, 5) is 4.90. The number of methoxy groups -OCH3 is 1. The van der Waals surface area contributed by atoms with E-state index in [9.17, 15) is 5.11 Å². The van der Waals surface area contributed by atoms with Crippen molar-refractivity contribution in [1.29, 1.82) is 0 Å². The van der Waals surface area contributed by atoms with Crippen LogP contribution in [0.5, 0.6) is 11.5 Å². The number of aliphatic hydroxyl groups is 1. The van der Waals surface area contributed by atoms with Gasteiger partial charge >= 0.3 is 0 Å². The van der Waals surface area contributed by atoms with Crippen molar-refractivity contribution in [3.8, 4) is 11.5 Å². The van der Waals surface area contributed by atoms with E-state index < -0.39 is 6.10 Å². The van der Waals surface area contributed by atoms with Crippen molar-refractivity contribution in [2.24, 2.45) is 0 Å². The Bertz CT molecular complexity index is 1100. The van der Waals surface area contributed by atoms with Gasteiger partial charge in [0.2, 0.25) is 0 Å². The first kappa shape index (κ1) is 28.2. The number of rotatable bonds is 13. The predicted octanol–water partition coefficient (Wildman–Crippen LogP) is 5.18. The van der Waals surface area contributed by atoms with Gasteiger partial charge in [-0.25, -0.2) is 0 Å². The Morgan fingerprint density at radius 1 is 0.947 bits per heavy atom. The van der Waals surface area contributed by atoms with Gasteiger partial charge in [-0.2, -0.15) is 0 Å². The molecule has 1 atom stereocenters. The van der Waals surface area contributed by atoms with Crippen molar-refractivity contribution in [2.75, 3.05) is 46.4 Å².